The lowest BCUT2D eigenvalue weighted by Gasteiger charge is -2.13. The van der Waals surface area contributed by atoms with Crippen LogP contribution in [0.15, 0.2) is 36.4 Å². The Morgan fingerprint density at radius 1 is 1.10 bits per heavy atom. The molecule has 0 saturated carbocycles. The zero-order valence-corrected chi connectivity index (χ0v) is 11.9. The van der Waals surface area contributed by atoms with Crippen LogP contribution in [0.25, 0.3) is 0 Å². The molecule has 104 valence electrons. The molecule has 0 radical (unpaired) electrons. The summed E-state index contributed by atoms with van der Waals surface area (Å²) in [6.45, 7) is 6.46. The number of hydrogen-bond acceptors (Lipinski definition) is 2. The molecule has 0 bridgehead atoms. The second kappa shape index (κ2) is 5.78. The molecular formula is C17H18O3. The van der Waals surface area contributed by atoms with Crippen molar-refractivity contribution in [1.29, 1.82) is 0 Å². The number of aromatic carboxylic acids is 1. The summed E-state index contributed by atoms with van der Waals surface area (Å²) in [4.78, 5) is 10.9. The lowest BCUT2D eigenvalue weighted by Crippen LogP contribution is -2.02. The predicted octanol–water partition coefficient (Wildman–Crippen LogP) is 3.89. The Balaban J connectivity index is 2.17. The van der Waals surface area contributed by atoms with Crippen molar-refractivity contribution in [1.82, 2.24) is 0 Å². The van der Waals surface area contributed by atoms with Crippen LogP contribution in [0.2, 0.25) is 0 Å². The van der Waals surface area contributed by atoms with Crippen molar-refractivity contribution in [2.45, 2.75) is 27.4 Å². The highest BCUT2D eigenvalue weighted by Gasteiger charge is 2.07. The van der Waals surface area contributed by atoms with E-state index in [1.54, 1.807) is 18.2 Å². The van der Waals surface area contributed by atoms with Crippen molar-refractivity contribution in [3.63, 3.8) is 0 Å². The van der Waals surface area contributed by atoms with E-state index in [4.69, 9.17) is 9.84 Å². The normalized spacial score (nSPS) is 10.3. The van der Waals surface area contributed by atoms with E-state index in [0.29, 0.717) is 6.61 Å². The van der Waals surface area contributed by atoms with E-state index in [-0.39, 0.29) is 5.56 Å². The summed E-state index contributed by atoms with van der Waals surface area (Å²) >= 11 is 0. The molecule has 20 heavy (non-hydrogen) atoms. The van der Waals surface area contributed by atoms with Gasteiger partial charge >= 0.3 is 5.97 Å². The van der Waals surface area contributed by atoms with Gasteiger partial charge in [-0.15, -0.1) is 0 Å². The fraction of sp³-hybridized carbons (Fsp3) is 0.235. The predicted molar refractivity (Wildman–Crippen MR) is 78.4 cm³/mol. The van der Waals surface area contributed by atoms with E-state index in [0.717, 1.165) is 22.4 Å². The number of ether oxygens (including phenoxy) is 1. The van der Waals surface area contributed by atoms with Crippen molar-refractivity contribution < 1.29 is 14.6 Å². The van der Waals surface area contributed by atoms with Gasteiger partial charge in [-0.3, -0.25) is 0 Å². The summed E-state index contributed by atoms with van der Waals surface area (Å²) in [5.41, 5.74) is 4.53. The maximum Gasteiger partial charge on any atom is 0.335 e. The molecular weight excluding hydrogens is 252 g/mol. The molecule has 0 atom stereocenters. The molecule has 0 amide bonds. The van der Waals surface area contributed by atoms with Crippen LogP contribution in [0, 0.1) is 20.8 Å². The van der Waals surface area contributed by atoms with Crippen molar-refractivity contribution >= 4 is 5.97 Å². The molecule has 0 spiro atoms. The van der Waals surface area contributed by atoms with Crippen LogP contribution in [0.3, 0.4) is 0 Å². The number of carbonyl (C=O) groups is 1. The summed E-state index contributed by atoms with van der Waals surface area (Å²) in [6.07, 6.45) is 0. The minimum absolute atomic E-state index is 0.281. The third kappa shape index (κ3) is 3.18. The number of benzene rings is 2. The third-order valence-corrected chi connectivity index (χ3v) is 3.16. The van der Waals surface area contributed by atoms with Crippen molar-refractivity contribution in [2.24, 2.45) is 0 Å². The lowest BCUT2D eigenvalue weighted by molar-refractivity contribution is 0.0696. The molecule has 3 heteroatoms. The standard InChI is InChI=1S/C17H18O3/c1-11-7-12(2)16(13(3)8-11)20-10-14-5-4-6-15(9-14)17(18)19/h4-9H,10H2,1-3H3,(H,18,19). The first-order valence-electron chi connectivity index (χ1n) is 6.50. The smallest absolute Gasteiger partial charge is 0.335 e. The Morgan fingerprint density at radius 2 is 1.75 bits per heavy atom. The van der Waals surface area contributed by atoms with Gasteiger partial charge in [0.1, 0.15) is 12.4 Å². The molecule has 0 fully saturated rings. The van der Waals surface area contributed by atoms with E-state index < -0.39 is 5.97 Å². The average molecular weight is 270 g/mol. The SMILES string of the molecule is Cc1cc(C)c(OCc2cccc(C(=O)O)c2)c(C)c1. The number of aryl methyl sites for hydroxylation is 3. The van der Waals surface area contributed by atoms with Crippen molar-refractivity contribution in [3.05, 3.63) is 64.2 Å². The fourth-order valence-electron chi connectivity index (χ4n) is 2.34. The van der Waals surface area contributed by atoms with Crippen LogP contribution in [-0.2, 0) is 6.61 Å². The zero-order chi connectivity index (χ0) is 14.7. The van der Waals surface area contributed by atoms with Crippen LogP contribution in [0.5, 0.6) is 5.75 Å². The first-order valence-corrected chi connectivity index (χ1v) is 6.50. The molecule has 0 aliphatic carbocycles. The van der Waals surface area contributed by atoms with E-state index in [1.165, 1.54) is 5.56 Å². The Labute approximate surface area is 118 Å². The van der Waals surface area contributed by atoms with Crippen LogP contribution in [-0.4, -0.2) is 11.1 Å². The first-order chi connectivity index (χ1) is 9.47. The quantitative estimate of drug-likeness (QED) is 0.916. The van der Waals surface area contributed by atoms with Gasteiger partial charge in [0.2, 0.25) is 0 Å². The van der Waals surface area contributed by atoms with Gasteiger partial charge in [0.25, 0.3) is 0 Å². The van der Waals surface area contributed by atoms with Gasteiger partial charge in [-0.25, -0.2) is 4.79 Å². The zero-order valence-electron chi connectivity index (χ0n) is 11.9. The van der Waals surface area contributed by atoms with Gasteiger partial charge in [-0.2, -0.15) is 0 Å². The Morgan fingerprint density at radius 3 is 2.35 bits per heavy atom. The Hall–Kier alpha value is -2.29. The topological polar surface area (TPSA) is 46.5 Å². The van der Waals surface area contributed by atoms with Crippen LogP contribution < -0.4 is 4.74 Å². The molecule has 2 rings (SSSR count). The van der Waals surface area contributed by atoms with Gasteiger partial charge in [0.05, 0.1) is 5.56 Å². The second-order valence-electron chi connectivity index (χ2n) is 5.02. The van der Waals surface area contributed by atoms with Gasteiger partial charge in [-0.05, 0) is 49.6 Å². The number of carboxylic acid groups (broad SMARTS) is 1. The first kappa shape index (κ1) is 14.1. The second-order valence-corrected chi connectivity index (χ2v) is 5.02. The maximum atomic E-state index is 10.9. The van der Waals surface area contributed by atoms with E-state index in [9.17, 15) is 4.79 Å². The molecule has 1 N–H and O–H groups in total. The highest BCUT2D eigenvalue weighted by molar-refractivity contribution is 5.87. The number of hydrogen-bond donors (Lipinski definition) is 1. The van der Waals surface area contributed by atoms with E-state index in [1.807, 2.05) is 19.9 Å². The molecule has 2 aromatic rings. The van der Waals surface area contributed by atoms with E-state index in [2.05, 4.69) is 19.1 Å². The minimum Gasteiger partial charge on any atom is -0.488 e. The van der Waals surface area contributed by atoms with Gasteiger partial charge in [0, 0.05) is 0 Å². The van der Waals surface area contributed by atoms with Crippen LogP contribution >= 0.6 is 0 Å². The van der Waals surface area contributed by atoms with Crippen LogP contribution in [0.4, 0.5) is 0 Å². The average Bonchev–Trinajstić information content (AvgIpc) is 2.37. The highest BCUT2D eigenvalue weighted by Crippen LogP contribution is 2.25. The molecule has 2 aromatic carbocycles. The Kier molecular flexibility index (Phi) is 4.08. The minimum atomic E-state index is -0.922. The molecule has 0 aliphatic rings. The number of carboxylic acids is 1. The molecule has 3 nitrogen and oxygen atoms in total. The van der Waals surface area contributed by atoms with Gasteiger partial charge < -0.3 is 9.84 Å². The highest BCUT2D eigenvalue weighted by atomic mass is 16.5. The maximum absolute atomic E-state index is 10.9. The fourth-order valence-corrected chi connectivity index (χ4v) is 2.34. The van der Waals surface area contributed by atoms with Crippen molar-refractivity contribution in [2.75, 3.05) is 0 Å². The third-order valence-electron chi connectivity index (χ3n) is 3.16. The Bertz CT molecular complexity index is 621. The molecule has 0 heterocycles. The summed E-state index contributed by atoms with van der Waals surface area (Å²) < 4.78 is 5.85. The largest absolute Gasteiger partial charge is 0.488 e. The summed E-state index contributed by atoms with van der Waals surface area (Å²) in [6, 6.07) is 11.0. The number of rotatable bonds is 4. The molecule has 0 aromatic heterocycles. The molecule has 0 unspecified atom stereocenters. The lowest BCUT2D eigenvalue weighted by atomic mass is 10.1. The summed E-state index contributed by atoms with van der Waals surface area (Å²) in [7, 11) is 0. The monoisotopic (exact) mass is 270 g/mol. The van der Waals surface area contributed by atoms with Gasteiger partial charge in [-0.1, -0.05) is 29.8 Å². The van der Waals surface area contributed by atoms with Gasteiger partial charge in [0.15, 0.2) is 0 Å². The van der Waals surface area contributed by atoms with Crippen molar-refractivity contribution in [3.8, 4) is 5.75 Å². The van der Waals surface area contributed by atoms with Crippen LogP contribution in [0.1, 0.15) is 32.6 Å². The summed E-state index contributed by atoms with van der Waals surface area (Å²) in [5, 5.41) is 8.97. The summed E-state index contributed by atoms with van der Waals surface area (Å²) in [5.74, 6) is -0.0501. The molecule has 0 saturated heterocycles. The van der Waals surface area contributed by atoms with E-state index >= 15 is 0 Å². The molecule has 0 aliphatic heterocycles.